The van der Waals surface area contributed by atoms with Crippen molar-refractivity contribution < 1.29 is 19.1 Å². The standard InChI is InChI=1S/C23H21N5O4S/c1-31-17-9-7-15(8-10-17)25-21(29)13-28-12-16(11-24-28)26-22(30)19-14-33-23(27-19)18-5-3-4-6-20(18)32-2/h3-12,14H,13H2,1-2H3,(H,25,29)(H,26,30). The van der Waals surface area contributed by atoms with E-state index < -0.39 is 0 Å². The van der Waals surface area contributed by atoms with Gasteiger partial charge in [0.05, 0.1) is 31.7 Å². The van der Waals surface area contributed by atoms with Crippen LogP contribution in [-0.2, 0) is 11.3 Å². The number of carbonyl (C=O) groups is 2. The summed E-state index contributed by atoms with van der Waals surface area (Å²) in [6.45, 7) is -0.00342. The van der Waals surface area contributed by atoms with Crippen LogP contribution in [0.1, 0.15) is 10.5 Å². The molecule has 0 saturated carbocycles. The van der Waals surface area contributed by atoms with E-state index in [-0.39, 0.29) is 24.1 Å². The van der Waals surface area contributed by atoms with Crippen molar-refractivity contribution in [3.05, 3.63) is 72.0 Å². The highest BCUT2D eigenvalue weighted by Gasteiger charge is 2.15. The van der Waals surface area contributed by atoms with Gasteiger partial charge in [-0.3, -0.25) is 14.3 Å². The third-order valence-electron chi connectivity index (χ3n) is 4.64. The molecule has 2 N–H and O–H groups in total. The molecule has 2 amide bonds. The third-order valence-corrected chi connectivity index (χ3v) is 5.52. The van der Waals surface area contributed by atoms with Crippen molar-refractivity contribution in [2.45, 2.75) is 6.54 Å². The van der Waals surface area contributed by atoms with Crippen LogP contribution in [0.2, 0.25) is 0 Å². The summed E-state index contributed by atoms with van der Waals surface area (Å²) in [5, 5.41) is 12.0. The quantitative estimate of drug-likeness (QED) is 0.410. The molecule has 2 heterocycles. The number of hydrogen-bond acceptors (Lipinski definition) is 7. The second-order valence-electron chi connectivity index (χ2n) is 6.90. The number of carbonyl (C=O) groups excluding carboxylic acids is 2. The lowest BCUT2D eigenvalue weighted by Gasteiger charge is -2.06. The minimum absolute atomic E-state index is 0.00342. The van der Waals surface area contributed by atoms with Gasteiger partial charge in [0.2, 0.25) is 5.91 Å². The maximum atomic E-state index is 12.6. The number of rotatable bonds is 8. The second-order valence-corrected chi connectivity index (χ2v) is 7.75. The van der Waals surface area contributed by atoms with Gasteiger partial charge in [0.25, 0.3) is 5.91 Å². The normalized spacial score (nSPS) is 10.5. The molecule has 10 heteroatoms. The number of aromatic nitrogens is 3. The first-order chi connectivity index (χ1) is 16.1. The summed E-state index contributed by atoms with van der Waals surface area (Å²) in [5.74, 6) is 0.778. The van der Waals surface area contributed by atoms with E-state index in [1.807, 2.05) is 24.3 Å². The zero-order chi connectivity index (χ0) is 23.2. The Hall–Kier alpha value is -4.18. The largest absolute Gasteiger partial charge is 0.497 e. The first-order valence-electron chi connectivity index (χ1n) is 9.92. The van der Waals surface area contributed by atoms with Crippen LogP contribution in [0.5, 0.6) is 11.5 Å². The molecule has 0 aliphatic carbocycles. The lowest BCUT2D eigenvalue weighted by atomic mass is 10.2. The molecule has 0 bridgehead atoms. The van der Waals surface area contributed by atoms with E-state index in [2.05, 4.69) is 20.7 Å². The lowest BCUT2D eigenvalue weighted by molar-refractivity contribution is -0.116. The molecule has 0 unspecified atom stereocenters. The number of para-hydroxylation sites is 1. The Bertz CT molecular complexity index is 1270. The molecule has 0 radical (unpaired) electrons. The van der Waals surface area contributed by atoms with E-state index >= 15 is 0 Å². The highest BCUT2D eigenvalue weighted by atomic mass is 32.1. The van der Waals surface area contributed by atoms with E-state index in [1.165, 1.54) is 22.2 Å². The van der Waals surface area contributed by atoms with Crippen molar-refractivity contribution in [3.8, 4) is 22.1 Å². The van der Waals surface area contributed by atoms with Crippen LogP contribution in [0.25, 0.3) is 10.6 Å². The fraction of sp³-hybridized carbons (Fsp3) is 0.130. The van der Waals surface area contributed by atoms with Gasteiger partial charge in [-0.1, -0.05) is 12.1 Å². The summed E-state index contributed by atoms with van der Waals surface area (Å²) in [6, 6.07) is 14.5. The van der Waals surface area contributed by atoms with Crippen molar-refractivity contribution in [2.24, 2.45) is 0 Å². The Labute approximate surface area is 194 Å². The topological polar surface area (TPSA) is 107 Å². The van der Waals surface area contributed by atoms with Crippen LogP contribution in [-0.4, -0.2) is 40.8 Å². The van der Waals surface area contributed by atoms with Crippen LogP contribution in [0, 0.1) is 0 Å². The van der Waals surface area contributed by atoms with Crippen LogP contribution >= 0.6 is 11.3 Å². The maximum Gasteiger partial charge on any atom is 0.275 e. The predicted octanol–water partition coefficient (Wildman–Crippen LogP) is 3.91. The van der Waals surface area contributed by atoms with Gasteiger partial charge >= 0.3 is 0 Å². The Morgan fingerprint density at radius 2 is 1.79 bits per heavy atom. The van der Waals surface area contributed by atoms with Crippen LogP contribution in [0.4, 0.5) is 11.4 Å². The van der Waals surface area contributed by atoms with Gasteiger partial charge in [-0.25, -0.2) is 4.98 Å². The zero-order valence-corrected chi connectivity index (χ0v) is 18.8. The van der Waals surface area contributed by atoms with E-state index in [4.69, 9.17) is 9.47 Å². The van der Waals surface area contributed by atoms with Gasteiger partial charge in [-0.2, -0.15) is 5.10 Å². The molecular formula is C23H21N5O4S. The summed E-state index contributed by atoms with van der Waals surface area (Å²) in [7, 11) is 3.17. The minimum atomic E-state index is -0.366. The van der Waals surface area contributed by atoms with Crippen LogP contribution in [0.3, 0.4) is 0 Å². The zero-order valence-electron chi connectivity index (χ0n) is 17.9. The molecule has 4 aromatic rings. The maximum absolute atomic E-state index is 12.6. The highest BCUT2D eigenvalue weighted by molar-refractivity contribution is 7.13. The molecule has 0 aliphatic rings. The summed E-state index contributed by atoms with van der Waals surface area (Å²) < 4.78 is 11.9. The number of ether oxygens (including phenoxy) is 2. The summed E-state index contributed by atoms with van der Waals surface area (Å²) in [5.41, 5.74) is 2.21. The Morgan fingerprint density at radius 1 is 1.00 bits per heavy atom. The van der Waals surface area contributed by atoms with Crippen molar-refractivity contribution >= 4 is 34.5 Å². The summed E-state index contributed by atoms with van der Waals surface area (Å²) in [4.78, 5) is 29.3. The van der Waals surface area contributed by atoms with Gasteiger partial charge < -0.3 is 20.1 Å². The molecule has 168 valence electrons. The van der Waals surface area contributed by atoms with Crippen LogP contribution < -0.4 is 20.1 Å². The molecule has 0 atom stereocenters. The Kier molecular flexibility index (Phi) is 6.65. The first kappa shape index (κ1) is 22.0. The van der Waals surface area contributed by atoms with Gasteiger partial charge in [0.15, 0.2) is 0 Å². The molecule has 0 spiro atoms. The SMILES string of the molecule is COc1ccc(NC(=O)Cn2cc(NC(=O)c3csc(-c4ccccc4OC)n3)cn2)cc1. The molecule has 0 fully saturated rings. The first-order valence-corrected chi connectivity index (χ1v) is 10.8. The van der Waals surface area contributed by atoms with Crippen molar-refractivity contribution in [3.63, 3.8) is 0 Å². The monoisotopic (exact) mass is 463 g/mol. The highest BCUT2D eigenvalue weighted by Crippen LogP contribution is 2.32. The van der Waals surface area contributed by atoms with Gasteiger partial charge in [0, 0.05) is 17.3 Å². The van der Waals surface area contributed by atoms with Crippen molar-refractivity contribution in [1.29, 1.82) is 0 Å². The fourth-order valence-corrected chi connectivity index (χ4v) is 3.88. The minimum Gasteiger partial charge on any atom is -0.497 e. The lowest BCUT2D eigenvalue weighted by Crippen LogP contribution is -2.19. The van der Waals surface area contributed by atoms with E-state index in [9.17, 15) is 9.59 Å². The van der Waals surface area contributed by atoms with Gasteiger partial charge in [-0.15, -0.1) is 11.3 Å². The number of anilines is 2. The molecule has 9 nitrogen and oxygen atoms in total. The van der Waals surface area contributed by atoms with Crippen molar-refractivity contribution in [1.82, 2.24) is 14.8 Å². The number of thiazole rings is 1. The molecule has 4 rings (SSSR count). The summed E-state index contributed by atoms with van der Waals surface area (Å²) in [6.07, 6.45) is 3.06. The molecule has 2 aromatic carbocycles. The van der Waals surface area contributed by atoms with Gasteiger partial charge in [-0.05, 0) is 36.4 Å². The molecule has 2 aromatic heterocycles. The Morgan fingerprint density at radius 3 is 2.55 bits per heavy atom. The number of methoxy groups -OCH3 is 2. The molecular weight excluding hydrogens is 442 g/mol. The third kappa shape index (κ3) is 5.36. The average Bonchev–Trinajstić information content (AvgIpc) is 3.49. The van der Waals surface area contributed by atoms with E-state index in [1.54, 1.807) is 50.1 Å². The number of nitrogens with zero attached hydrogens (tertiary/aromatic N) is 3. The number of nitrogens with one attached hydrogen (secondary N) is 2. The van der Waals surface area contributed by atoms with E-state index in [0.29, 0.717) is 27.9 Å². The molecule has 0 saturated heterocycles. The fourth-order valence-electron chi connectivity index (χ4n) is 3.05. The molecule has 33 heavy (non-hydrogen) atoms. The number of hydrogen-bond donors (Lipinski definition) is 2. The van der Waals surface area contributed by atoms with E-state index in [0.717, 1.165) is 5.56 Å². The number of amides is 2. The number of benzene rings is 2. The molecule has 0 aliphatic heterocycles. The summed E-state index contributed by atoms with van der Waals surface area (Å²) >= 11 is 1.35. The second kappa shape index (κ2) is 9.96. The van der Waals surface area contributed by atoms with Gasteiger partial charge in [0.1, 0.15) is 28.7 Å². The van der Waals surface area contributed by atoms with Crippen molar-refractivity contribution in [2.75, 3.05) is 24.9 Å². The average molecular weight is 464 g/mol. The smallest absolute Gasteiger partial charge is 0.275 e. The Balaban J connectivity index is 1.36. The predicted molar refractivity (Wildman–Crippen MR) is 126 cm³/mol. The van der Waals surface area contributed by atoms with Crippen LogP contribution in [0.15, 0.2) is 66.3 Å².